The van der Waals surface area contributed by atoms with Crippen LogP contribution in [0.1, 0.15) is 25.0 Å². The van der Waals surface area contributed by atoms with Crippen LogP contribution in [-0.4, -0.2) is 9.67 Å². The average Bonchev–Trinajstić information content (AvgIpc) is 2.42. The van der Waals surface area contributed by atoms with Crippen LogP contribution in [0.2, 0.25) is 0 Å². The minimum Gasteiger partial charge on any atom is -0.391 e. The Morgan fingerprint density at radius 1 is 1.10 bits per heavy atom. The summed E-state index contributed by atoms with van der Waals surface area (Å²) in [4.78, 5) is 12.4. The molecule has 0 atom stereocenters. The van der Waals surface area contributed by atoms with E-state index < -0.39 is 0 Å². The Morgan fingerprint density at radius 3 is 2.30 bits per heavy atom. The Bertz CT molecular complexity index is 639. The van der Waals surface area contributed by atoms with E-state index in [1.54, 1.807) is 10.6 Å². The fourth-order valence-corrected chi connectivity index (χ4v) is 2.27. The van der Waals surface area contributed by atoms with E-state index in [0.717, 1.165) is 11.3 Å². The molecular weight excluding hydrogens is 250 g/mol. The minimum absolute atomic E-state index is 0.0979. The minimum atomic E-state index is -0.217. The number of pyridine rings is 1. The van der Waals surface area contributed by atoms with Crippen molar-refractivity contribution in [2.24, 2.45) is 5.92 Å². The molecule has 0 unspecified atom stereocenters. The van der Waals surface area contributed by atoms with Crippen LogP contribution in [-0.2, 0) is 13.2 Å². The zero-order valence-corrected chi connectivity index (χ0v) is 12.3. The van der Waals surface area contributed by atoms with E-state index in [0.29, 0.717) is 18.0 Å². The Kier molecular flexibility index (Phi) is 4.40. The molecule has 3 nitrogen and oxygen atoms in total. The molecule has 0 aliphatic rings. The number of aliphatic hydroxyl groups is 1. The van der Waals surface area contributed by atoms with Crippen molar-refractivity contribution in [2.75, 3.05) is 0 Å². The lowest BCUT2D eigenvalue weighted by atomic mass is 10.1. The van der Waals surface area contributed by atoms with Crippen molar-refractivity contribution in [1.29, 1.82) is 0 Å². The summed E-state index contributed by atoms with van der Waals surface area (Å²) in [5.41, 5.74) is 3.47. The lowest BCUT2D eigenvalue weighted by Crippen LogP contribution is -2.27. The van der Waals surface area contributed by atoms with Crippen LogP contribution in [0.3, 0.4) is 0 Å². The highest BCUT2D eigenvalue weighted by Gasteiger charge is 2.11. The number of benzene rings is 1. The summed E-state index contributed by atoms with van der Waals surface area (Å²) in [6.07, 6.45) is 0. The van der Waals surface area contributed by atoms with Gasteiger partial charge in [-0.2, -0.15) is 0 Å². The molecule has 0 spiro atoms. The van der Waals surface area contributed by atoms with Gasteiger partial charge in [0.25, 0.3) is 5.56 Å². The first kappa shape index (κ1) is 14.5. The molecule has 106 valence electrons. The molecule has 0 saturated heterocycles. The lowest BCUT2D eigenvalue weighted by molar-refractivity contribution is 0.279. The maximum absolute atomic E-state index is 12.4. The van der Waals surface area contributed by atoms with Gasteiger partial charge in [-0.3, -0.25) is 4.79 Å². The fraction of sp³-hybridized carbons (Fsp3) is 0.353. The highest BCUT2D eigenvalue weighted by molar-refractivity contribution is 5.60. The third kappa shape index (κ3) is 2.99. The van der Waals surface area contributed by atoms with Gasteiger partial charge in [0.2, 0.25) is 0 Å². The molecule has 20 heavy (non-hydrogen) atoms. The summed E-state index contributed by atoms with van der Waals surface area (Å²) in [5, 5.41) is 9.26. The van der Waals surface area contributed by atoms with E-state index in [4.69, 9.17) is 0 Å². The summed E-state index contributed by atoms with van der Waals surface area (Å²) in [6.45, 7) is 6.63. The highest BCUT2D eigenvalue weighted by Crippen LogP contribution is 2.20. The summed E-state index contributed by atoms with van der Waals surface area (Å²) in [7, 11) is 0. The van der Waals surface area contributed by atoms with Crippen molar-refractivity contribution in [3.63, 3.8) is 0 Å². The molecule has 2 rings (SSSR count). The summed E-state index contributed by atoms with van der Waals surface area (Å²) in [5.74, 6) is 0.367. The zero-order chi connectivity index (χ0) is 14.7. The van der Waals surface area contributed by atoms with E-state index >= 15 is 0 Å². The quantitative estimate of drug-likeness (QED) is 0.929. The number of aromatic nitrogens is 1. The Morgan fingerprint density at radius 2 is 1.75 bits per heavy atom. The van der Waals surface area contributed by atoms with Gasteiger partial charge in [-0.05, 0) is 30.5 Å². The summed E-state index contributed by atoms with van der Waals surface area (Å²) < 4.78 is 1.76. The van der Waals surface area contributed by atoms with Gasteiger partial charge in [-0.1, -0.05) is 43.7 Å². The number of hydrogen-bond donors (Lipinski definition) is 1. The highest BCUT2D eigenvalue weighted by atomic mass is 16.3. The Balaban J connectivity index is 2.60. The van der Waals surface area contributed by atoms with Crippen LogP contribution in [0.15, 0.2) is 41.2 Å². The molecule has 1 heterocycles. The molecule has 1 aromatic heterocycles. The van der Waals surface area contributed by atoms with Crippen molar-refractivity contribution >= 4 is 0 Å². The second-order valence-electron chi connectivity index (χ2n) is 5.58. The van der Waals surface area contributed by atoms with Crippen LogP contribution in [0.5, 0.6) is 0 Å². The number of aryl methyl sites for hydroxylation is 1. The molecular formula is C17H21NO2. The second kappa shape index (κ2) is 6.06. The van der Waals surface area contributed by atoms with E-state index in [-0.39, 0.29) is 12.2 Å². The molecule has 0 saturated carbocycles. The summed E-state index contributed by atoms with van der Waals surface area (Å²) >= 11 is 0. The van der Waals surface area contributed by atoms with E-state index in [1.807, 2.05) is 37.3 Å². The molecule has 0 radical (unpaired) electrons. The smallest absolute Gasteiger partial charge is 0.256 e. The van der Waals surface area contributed by atoms with Crippen LogP contribution < -0.4 is 5.56 Å². The van der Waals surface area contributed by atoms with Gasteiger partial charge < -0.3 is 9.67 Å². The first-order chi connectivity index (χ1) is 9.52. The monoisotopic (exact) mass is 271 g/mol. The fourth-order valence-electron chi connectivity index (χ4n) is 2.27. The molecule has 0 fully saturated rings. The van der Waals surface area contributed by atoms with Crippen molar-refractivity contribution in [3.05, 3.63) is 57.9 Å². The number of rotatable bonds is 4. The average molecular weight is 271 g/mol. The first-order valence-electron chi connectivity index (χ1n) is 6.93. The SMILES string of the molecule is Cc1ccc(-c2ccc(CO)c(=O)n2CC(C)C)cc1. The zero-order valence-electron chi connectivity index (χ0n) is 12.3. The predicted molar refractivity (Wildman–Crippen MR) is 81.6 cm³/mol. The molecule has 0 aliphatic heterocycles. The van der Waals surface area contributed by atoms with Gasteiger partial charge >= 0.3 is 0 Å². The van der Waals surface area contributed by atoms with Gasteiger partial charge in [0.15, 0.2) is 0 Å². The topological polar surface area (TPSA) is 42.2 Å². The maximum atomic E-state index is 12.4. The largest absolute Gasteiger partial charge is 0.391 e. The molecule has 0 bridgehead atoms. The lowest BCUT2D eigenvalue weighted by Gasteiger charge is -2.16. The molecule has 1 N–H and O–H groups in total. The second-order valence-corrected chi connectivity index (χ2v) is 5.58. The van der Waals surface area contributed by atoms with Gasteiger partial charge in [0.05, 0.1) is 12.3 Å². The van der Waals surface area contributed by atoms with Gasteiger partial charge in [0.1, 0.15) is 0 Å². The van der Waals surface area contributed by atoms with Crippen LogP contribution >= 0.6 is 0 Å². The van der Waals surface area contributed by atoms with E-state index in [1.165, 1.54) is 5.56 Å². The van der Waals surface area contributed by atoms with Crippen LogP contribution in [0, 0.1) is 12.8 Å². The van der Waals surface area contributed by atoms with Gasteiger partial charge in [-0.25, -0.2) is 0 Å². The number of nitrogens with zero attached hydrogens (tertiary/aromatic N) is 1. The number of hydrogen-bond acceptors (Lipinski definition) is 2. The van der Waals surface area contributed by atoms with Crippen molar-refractivity contribution in [2.45, 2.75) is 33.9 Å². The Labute approximate surface area is 119 Å². The van der Waals surface area contributed by atoms with Crippen molar-refractivity contribution < 1.29 is 5.11 Å². The standard InChI is InChI=1S/C17H21NO2/c1-12(2)10-18-16(9-8-15(11-19)17(18)20)14-6-4-13(3)5-7-14/h4-9,12,19H,10-11H2,1-3H3. The third-order valence-electron chi connectivity index (χ3n) is 3.32. The van der Waals surface area contributed by atoms with Gasteiger partial charge in [-0.15, -0.1) is 0 Å². The summed E-state index contributed by atoms with van der Waals surface area (Å²) in [6, 6.07) is 11.8. The van der Waals surface area contributed by atoms with Crippen LogP contribution in [0.25, 0.3) is 11.3 Å². The normalized spacial score (nSPS) is 11.1. The van der Waals surface area contributed by atoms with Gasteiger partial charge in [0, 0.05) is 12.1 Å². The number of aliphatic hydroxyl groups excluding tert-OH is 1. The molecule has 0 amide bonds. The van der Waals surface area contributed by atoms with Crippen LogP contribution in [0.4, 0.5) is 0 Å². The van der Waals surface area contributed by atoms with Crippen molar-refractivity contribution in [1.82, 2.24) is 4.57 Å². The van der Waals surface area contributed by atoms with E-state index in [2.05, 4.69) is 13.8 Å². The van der Waals surface area contributed by atoms with Crippen molar-refractivity contribution in [3.8, 4) is 11.3 Å². The van der Waals surface area contributed by atoms with E-state index in [9.17, 15) is 9.90 Å². The molecule has 2 aromatic rings. The first-order valence-corrected chi connectivity index (χ1v) is 6.93. The Hall–Kier alpha value is -1.87. The predicted octanol–water partition coefficient (Wildman–Crippen LogP) is 2.97. The molecule has 0 aliphatic carbocycles. The maximum Gasteiger partial charge on any atom is 0.256 e. The molecule has 1 aromatic carbocycles. The third-order valence-corrected chi connectivity index (χ3v) is 3.32. The molecule has 3 heteroatoms.